The fourth-order valence-electron chi connectivity index (χ4n) is 3.22. The molecule has 2 rings (SSSR count). The van der Waals surface area contributed by atoms with Crippen molar-refractivity contribution in [1.82, 2.24) is 9.80 Å². The minimum absolute atomic E-state index is 0.786. The molecule has 1 saturated heterocycles. The van der Waals surface area contributed by atoms with Crippen molar-refractivity contribution < 1.29 is 0 Å². The summed E-state index contributed by atoms with van der Waals surface area (Å²) in [6, 6.07) is 0. The van der Waals surface area contributed by atoms with Crippen LogP contribution >= 0.6 is 0 Å². The van der Waals surface area contributed by atoms with Gasteiger partial charge in [-0.15, -0.1) is 0 Å². The Kier molecular flexibility index (Phi) is 3.68. The lowest BCUT2D eigenvalue weighted by Gasteiger charge is -2.39. The molecular formula is C13H26N2. The van der Waals surface area contributed by atoms with Crippen molar-refractivity contribution in [3.05, 3.63) is 0 Å². The topological polar surface area (TPSA) is 6.48 Å². The number of hydrogen-bond acceptors (Lipinski definition) is 2. The van der Waals surface area contributed by atoms with E-state index in [1.165, 1.54) is 64.7 Å². The minimum Gasteiger partial charge on any atom is -0.308 e. The summed E-state index contributed by atoms with van der Waals surface area (Å²) >= 11 is 0. The van der Waals surface area contributed by atoms with E-state index in [0.29, 0.717) is 0 Å². The maximum absolute atomic E-state index is 2.66. The van der Waals surface area contributed by atoms with Gasteiger partial charge >= 0.3 is 0 Å². The number of nitrogens with zero attached hydrogens (tertiary/aromatic N) is 2. The van der Waals surface area contributed by atoms with Crippen molar-refractivity contribution in [3.63, 3.8) is 0 Å². The molecule has 2 fully saturated rings. The predicted octanol–water partition coefficient (Wildman–Crippen LogP) is 2.20. The van der Waals surface area contributed by atoms with E-state index in [9.17, 15) is 0 Å². The highest BCUT2D eigenvalue weighted by molar-refractivity contribution is 4.89. The first-order valence-corrected chi connectivity index (χ1v) is 6.57. The molecule has 2 heteroatoms. The van der Waals surface area contributed by atoms with Crippen LogP contribution < -0.4 is 0 Å². The quantitative estimate of drug-likeness (QED) is 0.704. The number of hydrogen-bond donors (Lipinski definition) is 0. The number of likely N-dealkylation sites (N-methyl/N-ethyl adjacent to an activating group) is 1. The normalized spacial score (nSPS) is 26.6. The average molecular weight is 210 g/mol. The average Bonchev–Trinajstić information content (AvgIpc) is 2.66. The first-order chi connectivity index (χ1) is 7.20. The Labute approximate surface area is 94.6 Å². The third-order valence-electron chi connectivity index (χ3n) is 4.44. The molecule has 0 aromatic heterocycles. The van der Waals surface area contributed by atoms with Crippen molar-refractivity contribution >= 4 is 0 Å². The van der Waals surface area contributed by atoms with Crippen molar-refractivity contribution in [1.29, 1.82) is 0 Å². The maximum Gasteiger partial charge on any atom is 0.0109 e. The van der Waals surface area contributed by atoms with Crippen LogP contribution in [0.25, 0.3) is 0 Å². The van der Waals surface area contributed by atoms with E-state index in [2.05, 4.69) is 23.9 Å². The second-order valence-corrected chi connectivity index (χ2v) is 5.85. The van der Waals surface area contributed by atoms with Gasteiger partial charge in [-0.3, -0.25) is 0 Å². The number of rotatable bonds is 3. The fraction of sp³-hybridized carbons (Fsp3) is 1.00. The van der Waals surface area contributed by atoms with E-state index < -0.39 is 0 Å². The monoisotopic (exact) mass is 210 g/mol. The highest BCUT2D eigenvalue weighted by atomic mass is 15.2. The molecule has 0 amide bonds. The summed E-state index contributed by atoms with van der Waals surface area (Å²) in [5.74, 6) is 0. The Bertz CT molecular complexity index is 185. The highest BCUT2D eigenvalue weighted by Crippen LogP contribution is 2.45. The highest BCUT2D eigenvalue weighted by Gasteiger charge is 2.36. The smallest absolute Gasteiger partial charge is 0.0109 e. The first kappa shape index (κ1) is 11.4. The van der Waals surface area contributed by atoms with Gasteiger partial charge in [-0.05, 0) is 58.3 Å². The zero-order valence-electron chi connectivity index (χ0n) is 10.5. The van der Waals surface area contributed by atoms with Crippen molar-refractivity contribution in [2.24, 2.45) is 5.41 Å². The fourth-order valence-corrected chi connectivity index (χ4v) is 3.22. The first-order valence-electron chi connectivity index (χ1n) is 6.57. The zero-order chi connectivity index (χ0) is 10.7. The van der Waals surface area contributed by atoms with Gasteiger partial charge in [0.25, 0.3) is 0 Å². The molecule has 0 aromatic carbocycles. The molecule has 1 saturated carbocycles. The lowest BCUT2D eigenvalue weighted by atomic mass is 9.77. The van der Waals surface area contributed by atoms with Crippen molar-refractivity contribution in [3.8, 4) is 0 Å². The maximum atomic E-state index is 2.66. The van der Waals surface area contributed by atoms with Crippen LogP contribution in [0.3, 0.4) is 0 Å². The number of likely N-dealkylation sites (tertiary alicyclic amines) is 1. The molecule has 15 heavy (non-hydrogen) atoms. The van der Waals surface area contributed by atoms with Gasteiger partial charge in [-0.25, -0.2) is 0 Å². The van der Waals surface area contributed by atoms with E-state index in [1.807, 2.05) is 0 Å². The number of piperidine rings is 1. The molecule has 0 aromatic rings. The molecule has 88 valence electrons. The van der Waals surface area contributed by atoms with Gasteiger partial charge in [0.05, 0.1) is 0 Å². The predicted molar refractivity (Wildman–Crippen MR) is 65.1 cm³/mol. The van der Waals surface area contributed by atoms with Crippen molar-refractivity contribution in [2.75, 3.05) is 40.3 Å². The molecule has 0 radical (unpaired) electrons. The largest absolute Gasteiger partial charge is 0.308 e. The van der Waals surface area contributed by atoms with Crippen LogP contribution in [-0.4, -0.2) is 50.1 Å². The van der Waals surface area contributed by atoms with Crippen LogP contribution in [-0.2, 0) is 0 Å². The summed E-state index contributed by atoms with van der Waals surface area (Å²) in [6.07, 6.45) is 8.99. The third kappa shape index (κ3) is 2.94. The van der Waals surface area contributed by atoms with Crippen LogP contribution in [0.4, 0.5) is 0 Å². The molecule has 1 aliphatic heterocycles. The molecule has 2 aliphatic rings. The second kappa shape index (κ2) is 4.84. The summed E-state index contributed by atoms with van der Waals surface area (Å²) in [5.41, 5.74) is 0.786. The summed E-state index contributed by atoms with van der Waals surface area (Å²) in [5, 5.41) is 0. The van der Waals surface area contributed by atoms with Gasteiger partial charge in [0.15, 0.2) is 0 Å². The summed E-state index contributed by atoms with van der Waals surface area (Å²) in [4.78, 5) is 4.95. The lowest BCUT2D eigenvalue weighted by Crippen LogP contribution is -2.41. The Morgan fingerprint density at radius 2 is 1.60 bits per heavy atom. The van der Waals surface area contributed by atoms with Crippen LogP contribution in [0.1, 0.15) is 38.5 Å². The van der Waals surface area contributed by atoms with Gasteiger partial charge in [0, 0.05) is 13.1 Å². The van der Waals surface area contributed by atoms with Gasteiger partial charge in [0.2, 0.25) is 0 Å². The molecule has 1 spiro atoms. The SMILES string of the molecule is CN(C)CCN1CCC2(CCCC2)CC1. The molecule has 0 atom stereocenters. The summed E-state index contributed by atoms with van der Waals surface area (Å²) in [6.45, 7) is 5.19. The Hall–Kier alpha value is -0.0800. The van der Waals surface area contributed by atoms with Gasteiger partial charge in [-0.2, -0.15) is 0 Å². The van der Waals surface area contributed by atoms with Crippen LogP contribution in [0.15, 0.2) is 0 Å². The van der Waals surface area contributed by atoms with E-state index in [1.54, 1.807) is 0 Å². The molecule has 0 bridgehead atoms. The van der Waals surface area contributed by atoms with Crippen LogP contribution in [0, 0.1) is 5.41 Å². The lowest BCUT2D eigenvalue weighted by molar-refractivity contribution is 0.103. The second-order valence-electron chi connectivity index (χ2n) is 5.85. The zero-order valence-corrected chi connectivity index (χ0v) is 10.5. The van der Waals surface area contributed by atoms with Crippen LogP contribution in [0.2, 0.25) is 0 Å². The standard InChI is InChI=1S/C13H26N2/c1-14(2)11-12-15-9-7-13(8-10-15)5-3-4-6-13/h3-12H2,1-2H3. The van der Waals surface area contributed by atoms with E-state index >= 15 is 0 Å². The Morgan fingerprint density at radius 3 is 2.13 bits per heavy atom. The van der Waals surface area contributed by atoms with Gasteiger partial charge in [-0.1, -0.05) is 12.8 Å². The molecule has 0 N–H and O–H groups in total. The minimum atomic E-state index is 0.786. The van der Waals surface area contributed by atoms with E-state index in [0.717, 1.165) is 5.41 Å². The molecule has 2 nitrogen and oxygen atoms in total. The van der Waals surface area contributed by atoms with Gasteiger partial charge < -0.3 is 9.80 Å². The van der Waals surface area contributed by atoms with E-state index in [4.69, 9.17) is 0 Å². The summed E-state index contributed by atoms with van der Waals surface area (Å²) in [7, 11) is 4.34. The Morgan fingerprint density at radius 1 is 1.00 bits per heavy atom. The van der Waals surface area contributed by atoms with E-state index in [-0.39, 0.29) is 0 Å². The third-order valence-corrected chi connectivity index (χ3v) is 4.44. The Balaban J connectivity index is 1.72. The summed E-state index contributed by atoms with van der Waals surface area (Å²) < 4.78 is 0. The van der Waals surface area contributed by atoms with Crippen molar-refractivity contribution in [2.45, 2.75) is 38.5 Å². The molecule has 1 aliphatic carbocycles. The van der Waals surface area contributed by atoms with Crippen LogP contribution in [0.5, 0.6) is 0 Å². The van der Waals surface area contributed by atoms with Gasteiger partial charge in [0.1, 0.15) is 0 Å². The molecular weight excluding hydrogens is 184 g/mol. The molecule has 1 heterocycles. The molecule has 0 unspecified atom stereocenters.